The first-order valence-electron chi connectivity index (χ1n) is 5.16. The normalized spacial score (nSPS) is 31.5. The van der Waals surface area contributed by atoms with Crippen LogP contribution in [0.1, 0.15) is 39.5 Å². The maximum absolute atomic E-state index is 11.1. The number of carbonyl (C=O) groups is 1. The lowest BCUT2D eigenvalue weighted by Crippen LogP contribution is -2.47. The number of nitrogens with one attached hydrogen (secondary N) is 1. The largest absolute Gasteiger partial charge is 0.480 e. The van der Waals surface area contributed by atoms with Gasteiger partial charge < -0.3 is 5.11 Å². The van der Waals surface area contributed by atoms with E-state index < -0.39 is 12.0 Å². The predicted octanol–water partition coefficient (Wildman–Crippen LogP) is 2.40. The molecule has 1 saturated heterocycles. The van der Waals surface area contributed by atoms with E-state index in [0.29, 0.717) is 0 Å². The van der Waals surface area contributed by atoms with Gasteiger partial charge in [0.15, 0.2) is 0 Å². The van der Waals surface area contributed by atoms with Crippen LogP contribution in [0.3, 0.4) is 0 Å². The summed E-state index contributed by atoms with van der Waals surface area (Å²) >= 11 is 1.82. The van der Waals surface area contributed by atoms with Crippen LogP contribution in [-0.4, -0.2) is 26.7 Å². The summed E-state index contributed by atoms with van der Waals surface area (Å²) in [5.74, 6) is -0.716. The molecule has 2 fully saturated rings. The summed E-state index contributed by atoms with van der Waals surface area (Å²) in [6, 6.07) is -0.398. The molecule has 0 radical (unpaired) electrons. The van der Waals surface area contributed by atoms with Crippen LogP contribution in [0.25, 0.3) is 0 Å². The molecule has 3 nitrogen and oxygen atoms in total. The molecule has 1 heterocycles. The van der Waals surface area contributed by atoms with Gasteiger partial charge in [0.2, 0.25) is 0 Å². The second-order valence-electron chi connectivity index (χ2n) is 4.82. The van der Waals surface area contributed by atoms with Crippen LogP contribution in [-0.2, 0) is 4.79 Å². The summed E-state index contributed by atoms with van der Waals surface area (Å²) < 4.78 is -0.184. The molecule has 1 saturated carbocycles. The first kappa shape index (κ1) is 13.3. The second kappa shape index (κ2) is 4.26. The van der Waals surface area contributed by atoms with Gasteiger partial charge in [-0.15, -0.1) is 28.7 Å². The second-order valence-corrected chi connectivity index (χ2v) is 6.86. The number of rotatable bonds is 1. The highest BCUT2D eigenvalue weighted by Crippen LogP contribution is 2.52. The van der Waals surface area contributed by atoms with Gasteiger partial charge in [0.25, 0.3) is 0 Å². The van der Waals surface area contributed by atoms with E-state index in [0.717, 1.165) is 12.8 Å². The van der Waals surface area contributed by atoms with Gasteiger partial charge in [0.05, 0.1) is 4.87 Å². The molecule has 1 atom stereocenters. The molecule has 2 rings (SSSR count). The third-order valence-corrected chi connectivity index (χ3v) is 4.90. The topological polar surface area (TPSA) is 49.3 Å². The lowest BCUT2D eigenvalue weighted by atomic mass is 10.0. The fourth-order valence-corrected chi connectivity index (χ4v) is 4.53. The summed E-state index contributed by atoms with van der Waals surface area (Å²) in [5, 5.41) is 12.4. The Balaban J connectivity index is 0.00000112. The Labute approximate surface area is 105 Å². The van der Waals surface area contributed by atoms with Crippen molar-refractivity contribution in [2.45, 2.75) is 55.2 Å². The van der Waals surface area contributed by atoms with E-state index in [1.807, 2.05) is 25.6 Å². The van der Waals surface area contributed by atoms with Crippen molar-refractivity contribution in [2.75, 3.05) is 0 Å². The smallest absolute Gasteiger partial charge is 0.322 e. The van der Waals surface area contributed by atoms with Crippen molar-refractivity contribution in [1.82, 2.24) is 5.32 Å². The average Bonchev–Trinajstić information content (AvgIpc) is 2.57. The summed E-state index contributed by atoms with van der Waals surface area (Å²) in [4.78, 5) is 11.1. The Morgan fingerprint density at radius 1 is 1.40 bits per heavy atom. The molecule has 2 N–H and O–H groups in total. The van der Waals surface area contributed by atoms with Gasteiger partial charge in [0.1, 0.15) is 6.04 Å². The molecule has 1 aliphatic carbocycles. The van der Waals surface area contributed by atoms with Crippen LogP contribution in [0.15, 0.2) is 0 Å². The molecule has 1 unspecified atom stereocenters. The molecule has 0 aromatic rings. The van der Waals surface area contributed by atoms with Crippen LogP contribution >= 0.6 is 28.7 Å². The van der Waals surface area contributed by atoms with E-state index >= 15 is 0 Å². The Bertz CT molecular complexity index is 264. The van der Waals surface area contributed by atoms with Crippen molar-refractivity contribution < 1.29 is 9.90 Å². The van der Waals surface area contributed by atoms with Gasteiger partial charge in [-0.3, -0.25) is 10.1 Å². The highest BCUT2D eigenvalue weighted by atomic mass is 79.9. The zero-order valence-corrected chi connectivity index (χ0v) is 11.6. The predicted molar refractivity (Wildman–Crippen MR) is 67.8 cm³/mol. The first-order valence-corrected chi connectivity index (χ1v) is 5.98. The van der Waals surface area contributed by atoms with Gasteiger partial charge in [-0.05, 0) is 26.7 Å². The number of carboxylic acids is 1. The van der Waals surface area contributed by atoms with Crippen LogP contribution in [0.2, 0.25) is 0 Å². The first-order chi connectivity index (χ1) is 6.45. The summed E-state index contributed by atoms with van der Waals surface area (Å²) in [7, 11) is 0. The fraction of sp³-hybridized carbons (Fsp3) is 0.900. The van der Waals surface area contributed by atoms with Crippen LogP contribution < -0.4 is 5.32 Å². The lowest BCUT2D eigenvalue weighted by molar-refractivity contribution is -0.140. The number of hydrogen-bond acceptors (Lipinski definition) is 3. The minimum atomic E-state index is -0.716. The minimum absolute atomic E-state index is 0. The average molecular weight is 296 g/mol. The van der Waals surface area contributed by atoms with E-state index in [1.54, 1.807) is 0 Å². The van der Waals surface area contributed by atoms with Crippen molar-refractivity contribution in [1.29, 1.82) is 0 Å². The summed E-state index contributed by atoms with van der Waals surface area (Å²) in [6.07, 6.45) is 4.68. The number of halogens is 1. The number of carboxylic acid groups (broad SMARTS) is 1. The Kier molecular flexibility index (Phi) is 3.78. The molecule has 0 aromatic carbocycles. The number of aliphatic carboxylic acids is 1. The molecule has 2 aliphatic rings. The zero-order chi connectivity index (χ0) is 10.4. The van der Waals surface area contributed by atoms with Crippen LogP contribution in [0.4, 0.5) is 0 Å². The fourth-order valence-electron chi connectivity index (χ4n) is 2.58. The van der Waals surface area contributed by atoms with E-state index in [2.05, 4.69) is 5.32 Å². The van der Waals surface area contributed by atoms with Crippen molar-refractivity contribution in [3.63, 3.8) is 0 Å². The molecular formula is C10H18BrNO2S. The Morgan fingerprint density at radius 3 is 2.33 bits per heavy atom. The molecule has 0 aromatic heterocycles. The number of thioether (sulfide) groups is 1. The quantitative estimate of drug-likeness (QED) is 0.780. The van der Waals surface area contributed by atoms with Gasteiger partial charge in [-0.25, -0.2) is 0 Å². The van der Waals surface area contributed by atoms with Crippen molar-refractivity contribution in [2.24, 2.45) is 0 Å². The summed E-state index contributed by atoms with van der Waals surface area (Å²) in [5.41, 5.74) is 0. The molecule has 0 bridgehead atoms. The zero-order valence-electron chi connectivity index (χ0n) is 9.08. The van der Waals surface area contributed by atoms with Crippen molar-refractivity contribution >= 4 is 34.7 Å². The molecule has 5 heteroatoms. The maximum Gasteiger partial charge on any atom is 0.322 e. The van der Waals surface area contributed by atoms with Gasteiger partial charge >= 0.3 is 5.97 Å². The Hall–Kier alpha value is 0.260. The minimum Gasteiger partial charge on any atom is -0.480 e. The molecular weight excluding hydrogens is 278 g/mol. The van der Waals surface area contributed by atoms with Crippen LogP contribution in [0.5, 0.6) is 0 Å². The lowest BCUT2D eigenvalue weighted by Gasteiger charge is -2.23. The van der Waals surface area contributed by atoms with Crippen molar-refractivity contribution in [3.05, 3.63) is 0 Å². The van der Waals surface area contributed by atoms with Gasteiger partial charge in [-0.1, -0.05) is 12.8 Å². The van der Waals surface area contributed by atoms with E-state index in [-0.39, 0.29) is 26.6 Å². The highest BCUT2D eigenvalue weighted by Gasteiger charge is 2.53. The van der Waals surface area contributed by atoms with E-state index in [9.17, 15) is 4.79 Å². The third kappa shape index (κ3) is 2.34. The molecule has 1 aliphatic heterocycles. The standard InChI is InChI=1S/C10H17NO2S.BrH/c1-9(2)7(8(12)13)11-10(14-9)5-3-4-6-10;/h7,11H,3-6H2,1-2H3,(H,12,13);1H. The van der Waals surface area contributed by atoms with Crippen molar-refractivity contribution in [3.8, 4) is 0 Å². The molecule has 1 spiro atoms. The van der Waals surface area contributed by atoms with Gasteiger partial charge in [0, 0.05) is 4.75 Å². The highest BCUT2D eigenvalue weighted by molar-refractivity contribution is 8.93. The van der Waals surface area contributed by atoms with E-state index in [1.165, 1.54) is 12.8 Å². The van der Waals surface area contributed by atoms with E-state index in [4.69, 9.17) is 5.11 Å². The Morgan fingerprint density at radius 2 is 1.93 bits per heavy atom. The van der Waals surface area contributed by atoms with Crippen LogP contribution in [0, 0.1) is 0 Å². The molecule has 88 valence electrons. The monoisotopic (exact) mass is 295 g/mol. The third-order valence-electron chi connectivity index (χ3n) is 3.22. The number of hydrogen-bond donors (Lipinski definition) is 2. The molecule has 15 heavy (non-hydrogen) atoms. The summed E-state index contributed by atoms with van der Waals surface area (Å²) in [6.45, 7) is 4.05. The molecule has 0 amide bonds. The van der Waals surface area contributed by atoms with Gasteiger partial charge in [-0.2, -0.15) is 0 Å². The SMILES string of the molecule is Br.CC1(C)SC2(CCCC2)NC1C(=O)O. The maximum atomic E-state index is 11.1.